The average molecular weight is 223 g/mol. The van der Waals surface area contributed by atoms with Crippen molar-refractivity contribution in [3.63, 3.8) is 0 Å². The first-order valence-corrected chi connectivity index (χ1v) is 5.18. The Balaban J connectivity index is 2.87. The minimum atomic E-state index is -0.530. The highest BCUT2D eigenvalue weighted by molar-refractivity contribution is 5.85. The first-order valence-electron chi connectivity index (χ1n) is 5.18. The van der Waals surface area contributed by atoms with Gasteiger partial charge in [-0.2, -0.15) is 0 Å². The van der Waals surface area contributed by atoms with Crippen molar-refractivity contribution in [3.05, 3.63) is 18.1 Å². The lowest BCUT2D eigenvalue weighted by atomic mass is 10.0. The molecule has 88 valence electrons. The van der Waals surface area contributed by atoms with Gasteiger partial charge >= 0.3 is 5.97 Å². The van der Waals surface area contributed by atoms with Crippen LogP contribution in [-0.4, -0.2) is 28.6 Å². The molecular formula is C11H17N3O2. The van der Waals surface area contributed by atoms with Gasteiger partial charge in [0.05, 0.1) is 7.11 Å². The second-order valence-corrected chi connectivity index (χ2v) is 4.12. The maximum atomic E-state index is 11.2. The summed E-state index contributed by atoms with van der Waals surface area (Å²) >= 11 is 0. The van der Waals surface area contributed by atoms with Gasteiger partial charge in [-0.1, -0.05) is 6.92 Å². The zero-order chi connectivity index (χ0) is 12.2. The van der Waals surface area contributed by atoms with E-state index >= 15 is 0 Å². The van der Waals surface area contributed by atoms with Crippen LogP contribution >= 0.6 is 0 Å². The van der Waals surface area contributed by atoms with Crippen molar-refractivity contribution in [2.75, 3.05) is 12.4 Å². The van der Waals surface area contributed by atoms with Gasteiger partial charge in [-0.05, 0) is 26.3 Å². The van der Waals surface area contributed by atoms with E-state index in [4.69, 9.17) is 0 Å². The molecule has 0 radical (unpaired) electrons. The molecule has 1 rings (SSSR count). The van der Waals surface area contributed by atoms with Crippen LogP contribution in [0.5, 0.6) is 0 Å². The number of nitrogens with zero attached hydrogens (tertiary/aromatic N) is 2. The Bertz CT molecular complexity index is 377. The predicted molar refractivity (Wildman–Crippen MR) is 61.4 cm³/mol. The molecule has 1 aromatic rings. The fourth-order valence-corrected chi connectivity index (χ4v) is 1.05. The Kier molecular flexibility index (Phi) is 3.82. The van der Waals surface area contributed by atoms with E-state index in [1.54, 1.807) is 6.07 Å². The minimum absolute atomic E-state index is 0.0677. The summed E-state index contributed by atoms with van der Waals surface area (Å²) in [6.07, 6.45) is 2.48. The molecule has 1 N–H and O–H groups in total. The van der Waals surface area contributed by atoms with Crippen LogP contribution in [0.25, 0.3) is 0 Å². The molecule has 0 spiro atoms. The molecule has 0 aliphatic carbocycles. The zero-order valence-corrected chi connectivity index (χ0v) is 10.1. The van der Waals surface area contributed by atoms with Crippen molar-refractivity contribution >= 4 is 11.8 Å². The molecule has 0 bridgehead atoms. The number of methoxy groups -OCH3 is 1. The van der Waals surface area contributed by atoms with Crippen LogP contribution < -0.4 is 5.32 Å². The van der Waals surface area contributed by atoms with E-state index in [-0.39, 0.29) is 11.4 Å². The Morgan fingerprint density at radius 2 is 2.25 bits per heavy atom. The third kappa shape index (κ3) is 3.18. The number of aromatic nitrogens is 2. The molecule has 1 aromatic heterocycles. The number of carbonyl (C=O) groups excluding carboxylic acids is 1. The molecule has 1 heterocycles. The minimum Gasteiger partial charge on any atom is -0.463 e. The standard InChI is InChI=1S/C11H17N3O2/c1-5-11(2,3)14-8-6-7-12-9(13-8)10(15)16-4/h6-7H,5H2,1-4H3,(H,12,13,14). The van der Waals surface area contributed by atoms with Gasteiger partial charge in [-0.15, -0.1) is 0 Å². The molecule has 0 saturated heterocycles. The predicted octanol–water partition coefficient (Wildman–Crippen LogP) is 1.86. The molecule has 0 aliphatic heterocycles. The summed E-state index contributed by atoms with van der Waals surface area (Å²) in [6.45, 7) is 6.20. The van der Waals surface area contributed by atoms with Gasteiger partial charge in [0.25, 0.3) is 0 Å². The fraction of sp³-hybridized carbons (Fsp3) is 0.545. The van der Waals surface area contributed by atoms with Crippen molar-refractivity contribution in [2.24, 2.45) is 0 Å². The smallest absolute Gasteiger partial charge is 0.376 e. The highest BCUT2D eigenvalue weighted by Gasteiger charge is 2.16. The van der Waals surface area contributed by atoms with Gasteiger partial charge in [0.15, 0.2) is 0 Å². The van der Waals surface area contributed by atoms with Crippen LogP contribution in [0.15, 0.2) is 12.3 Å². The molecule has 0 fully saturated rings. The monoisotopic (exact) mass is 223 g/mol. The molecule has 0 unspecified atom stereocenters. The van der Waals surface area contributed by atoms with Crippen molar-refractivity contribution in [2.45, 2.75) is 32.7 Å². The number of rotatable bonds is 4. The van der Waals surface area contributed by atoms with Gasteiger partial charge in [-0.3, -0.25) is 0 Å². The number of anilines is 1. The quantitative estimate of drug-likeness (QED) is 0.789. The first kappa shape index (κ1) is 12.4. The van der Waals surface area contributed by atoms with Gasteiger partial charge in [0.1, 0.15) is 5.82 Å². The Morgan fingerprint density at radius 3 is 2.81 bits per heavy atom. The molecule has 5 nitrogen and oxygen atoms in total. The van der Waals surface area contributed by atoms with Crippen LogP contribution in [0.3, 0.4) is 0 Å². The van der Waals surface area contributed by atoms with Crippen molar-refractivity contribution in [3.8, 4) is 0 Å². The number of hydrogen-bond donors (Lipinski definition) is 1. The Hall–Kier alpha value is -1.65. The average Bonchev–Trinajstić information content (AvgIpc) is 2.28. The van der Waals surface area contributed by atoms with E-state index in [0.29, 0.717) is 5.82 Å². The third-order valence-electron chi connectivity index (χ3n) is 2.37. The topological polar surface area (TPSA) is 64.1 Å². The lowest BCUT2D eigenvalue weighted by Gasteiger charge is -2.25. The van der Waals surface area contributed by atoms with E-state index in [0.717, 1.165) is 6.42 Å². The van der Waals surface area contributed by atoms with E-state index < -0.39 is 5.97 Å². The summed E-state index contributed by atoms with van der Waals surface area (Å²) in [7, 11) is 1.31. The first-order chi connectivity index (χ1) is 7.48. The lowest BCUT2D eigenvalue weighted by molar-refractivity contribution is 0.0587. The molecule has 0 aromatic carbocycles. The second kappa shape index (κ2) is 4.92. The summed E-state index contributed by atoms with van der Waals surface area (Å²) in [6, 6.07) is 1.73. The maximum Gasteiger partial charge on any atom is 0.376 e. The second-order valence-electron chi connectivity index (χ2n) is 4.12. The molecule has 0 aliphatic rings. The highest BCUT2D eigenvalue weighted by atomic mass is 16.5. The maximum absolute atomic E-state index is 11.2. The third-order valence-corrected chi connectivity index (χ3v) is 2.37. The molecule has 0 atom stereocenters. The lowest BCUT2D eigenvalue weighted by Crippen LogP contribution is -2.30. The van der Waals surface area contributed by atoms with E-state index in [9.17, 15) is 4.79 Å². The van der Waals surface area contributed by atoms with E-state index in [1.807, 2.05) is 0 Å². The SMILES string of the molecule is CCC(C)(C)Nc1ccnc(C(=O)OC)n1. The molecule has 0 saturated carbocycles. The molecule has 16 heavy (non-hydrogen) atoms. The van der Waals surface area contributed by atoms with Gasteiger partial charge in [-0.25, -0.2) is 14.8 Å². The van der Waals surface area contributed by atoms with Crippen molar-refractivity contribution in [1.82, 2.24) is 9.97 Å². The molecule has 0 amide bonds. The van der Waals surface area contributed by atoms with E-state index in [1.165, 1.54) is 13.3 Å². The van der Waals surface area contributed by atoms with Gasteiger partial charge < -0.3 is 10.1 Å². The van der Waals surface area contributed by atoms with E-state index in [2.05, 4.69) is 40.8 Å². The summed E-state index contributed by atoms with van der Waals surface area (Å²) in [5, 5.41) is 3.23. The number of esters is 1. The van der Waals surface area contributed by atoms with Crippen LogP contribution in [0.2, 0.25) is 0 Å². The number of ether oxygens (including phenoxy) is 1. The number of carbonyl (C=O) groups is 1. The zero-order valence-electron chi connectivity index (χ0n) is 10.1. The summed E-state index contributed by atoms with van der Waals surface area (Å²) in [4.78, 5) is 19.1. The van der Waals surface area contributed by atoms with Crippen LogP contribution in [0, 0.1) is 0 Å². The normalized spacial score (nSPS) is 11.0. The van der Waals surface area contributed by atoms with Gasteiger partial charge in [0, 0.05) is 11.7 Å². The Labute approximate surface area is 95.3 Å². The van der Waals surface area contributed by atoms with Gasteiger partial charge in [0.2, 0.25) is 5.82 Å². The van der Waals surface area contributed by atoms with Crippen LogP contribution in [-0.2, 0) is 4.74 Å². The summed E-state index contributed by atoms with van der Waals surface area (Å²) in [5.41, 5.74) is -0.0677. The van der Waals surface area contributed by atoms with Crippen LogP contribution in [0.1, 0.15) is 37.8 Å². The Morgan fingerprint density at radius 1 is 1.56 bits per heavy atom. The highest BCUT2D eigenvalue weighted by Crippen LogP contribution is 2.15. The molecular weight excluding hydrogens is 206 g/mol. The molecule has 5 heteroatoms. The largest absolute Gasteiger partial charge is 0.463 e. The summed E-state index contributed by atoms with van der Waals surface area (Å²) < 4.78 is 4.56. The fourth-order valence-electron chi connectivity index (χ4n) is 1.05. The van der Waals surface area contributed by atoms with Crippen molar-refractivity contribution < 1.29 is 9.53 Å². The van der Waals surface area contributed by atoms with Crippen LogP contribution in [0.4, 0.5) is 5.82 Å². The number of nitrogens with one attached hydrogen (secondary N) is 1. The number of hydrogen-bond acceptors (Lipinski definition) is 5. The summed E-state index contributed by atoms with van der Waals surface area (Å²) in [5.74, 6) is 0.166. The van der Waals surface area contributed by atoms with Crippen molar-refractivity contribution in [1.29, 1.82) is 0 Å².